The minimum absolute atomic E-state index is 0.887. The summed E-state index contributed by atoms with van der Waals surface area (Å²) in [6.45, 7) is 0. The van der Waals surface area contributed by atoms with Crippen LogP contribution in [0.15, 0.2) is 511 Å². The molecule has 0 radical (unpaired) electrons. The van der Waals surface area contributed by atoms with Gasteiger partial charge in [-0.15, -0.1) is 0 Å². The molecule has 0 fully saturated rings. The number of hydrogen-bond acceptors (Lipinski definition) is 6. The Kier molecular flexibility index (Phi) is 19.1. The molecule has 21 aromatic carbocycles. The van der Waals surface area contributed by atoms with Crippen molar-refractivity contribution < 1.29 is 13.3 Å². The van der Waals surface area contributed by atoms with E-state index in [2.05, 4.69) is 508 Å². The Labute approximate surface area is 766 Å². The van der Waals surface area contributed by atoms with Crippen LogP contribution in [0.25, 0.3) is 181 Å². The zero-order valence-electron chi connectivity index (χ0n) is 72.3. The summed E-state index contributed by atoms with van der Waals surface area (Å²) in [6.07, 6.45) is 0. The van der Waals surface area contributed by atoms with Crippen molar-refractivity contribution in [1.82, 2.24) is 13.7 Å². The molecule has 0 atom stereocenters. The van der Waals surface area contributed by atoms with Crippen molar-refractivity contribution in [2.45, 2.75) is 0 Å². The summed E-state index contributed by atoms with van der Waals surface area (Å²) in [7, 11) is 0. The van der Waals surface area contributed by atoms with Crippen molar-refractivity contribution in [2.24, 2.45) is 0 Å². The van der Waals surface area contributed by atoms with Crippen molar-refractivity contribution in [3.05, 3.63) is 497 Å². The normalized spacial score (nSPS) is 11.6. The van der Waals surface area contributed by atoms with Crippen LogP contribution in [0.1, 0.15) is 0 Å². The third-order valence-electron chi connectivity index (χ3n) is 26.1. The average Bonchev–Trinajstić information content (AvgIpc) is 1.57. The number of para-hydroxylation sites is 8. The summed E-state index contributed by atoms with van der Waals surface area (Å²) in [5.74, 6) is 0. The van der Waals surface area contributed by atoms with E-state index in [1.165, 1.54) is 76.4 Å². The molecule has 0 aliphatic carbocycles. The number of aromatic nitrogens is 3. The van der Waals surface area contributed by atoms with E-state index in [1.54, 1.807) is 0 Å². The van der Waals surface area contributed by atoms with E-state index < -0.39 is 0 Å². The largest absolute Gasteiger partial charge is 0.456 e. The fourth-order valence-electron chi connectivity index (χ4n) is 20.2. The quantitative estimate of drug-likeness (QED) is 0.108. The predicted octanol–water partition coefficient (Wildman–Crippen LogP) is 34.9. The molecule has 6 aromatic heterocycles. The molecular weight excluding hydrogens is 1620 g/mol. The summed E-state index contributed by atoms with van der Waals surface area (Å²) in [5.41, 5.74) is 30.4. The maximum Gasteiger partial charge on any atom is 0.137 e. The lowest BCUT2D eigenvalue weighted by Gasteiger charge is -2.26. The van der Waals surface area contributed by atoms with E-state index in [-0.39, 0.29) is 0 Å². The first-order chi connectivity index (χ1) is 66.0. The van der Waals surface area contributed by atoms with Gasteiger partial charge in [-0.3, -0.25) is 0 Å². The fraction of sp³-hybridized carbons (Fsp3) is 0. The summed E-state index contributed by atoms with van der Waals surface area (Å²) in [6, 6.07) is 176. The molecule has 0 N–H and O–H groups in total. The predicted molar refractivity (Wildman–Crippen MR) is 557 cm³/mol. The Hall–Kier alpha value is -17.9. The molecule has 9 heteroatoms. The second-order valence-corrected chi connectivity index (χ2v) is 33.8. The van der Waals surface area contributed by atoms with Crippen LogP contribution in [-0.2, 0) is 0 Å². The molecule has 0 unspecified atom stereocenters. The van der Waals surface area contributed by atoms with Crippen molar-refractivity contribution >= 4 is 193 Å². The number of nitrogens with zero attached hydrogens (tertiary/aromatic N) is 6. The van der Waals surface area contributed by atoms with Crippen LogP contribution in [-0.4, -0.2) is 13.7 Å². The van der Waals surface area contributed by atoms with Gasteiger partial charge in [-0.05, 0) is 274 Å². The van der Waals surface area contributed by atoms with Gasteiger partial charge in [-0.2, -0.15) is 0 Å². The molecule has 133 heavy (non-hydrogen) atoms. The highest BCUT2D eigenvalue weighted by Crippen LogP contribution is 2.48. The van der Waals surface area contributed by atoms with Gasteiger partial charge >= 0.3 is 0 Å². The molecule has 626 valence electrons. The van der Waals surface area contributed by atoms with E-state index in [1.807, 2.05) is 18.2 Å². The Balaban J connectivity index is 0.000000108. The summed E-state index contributed by atoms with van der Waals surface area (Å²) in [4.78, 5) is 6.89. The third-order valence-corrected chi connectivity index (χ3v) is 26.1. The monoisotopic (exact) mass is 1700 g/mol. The Morgan fingerprint density at radius 3 is 0.684 bits per heavy atom. The molecule has 6 heterocycles. The molecule has 9 nitrogen and oxygen atoms in total. The second-order valence-electron chi connectivity index (χ2n) is 33.8. The number of rotatable bonds is 14. The van der Waals surface area contributed by atoms with Gasteiger partial charge in [-0.25, -0.2) is 0 Å². The van der Waals surface area contributed by atoms with Crippen LogP contribution in [0.3, 0.4) is 0 Å². The van der Waals surface area contributed by atoms with Gasteiger partial charge in [-0.1, -0.05) is 273 Å². The molecular formula is C124H82N6O3. The molecule has 0 saturated heterocycles. The molecule has 0 amide bonds. The first-order valence-electron chi connectivity index (χ1n) is 45.2. The SMILES string of the molecule is c1ccc(N(c2ccc(-c3ccc4ccccc4c3)cc2)c2ccc(-n3c4cccc5oc6ccccc6c6cccc3c6c54)cc2)cc1.c1ccc(N(c2ccccc2)c2ccc(-c3ccc(-n4c5cccc6oc7ccccc7c7cccc4c7c65)cc3)cc2)cc1.c1ccc(N(c2ccccc2)c2ccc(-n3c4cccc5oc6ccccc6c6cccc3c6c54)cc2)cc1. The molecule has 0 spiro atoms. The van der Waals surface area contributed by atoms with E-state index >= 15 is 0 Å². The maximum absolute atomic E-state index is 6.55. The number of benzene rings is 21. The first kappa shape index (κ1) is 77.4. The van der Waals surface area contributed by atoms with Crippen LogP contribution in [0.5, 0.6) is 0 Å². The van der Waals surface area contributed by atoms with Crippen molar-refractivity contribution in [1.29, 1.82) is 0 Å². The molecule has 27 aromatic rings. The van der Waals surface area contributed by atoms with Crippen molar-refractivity contribution in [3.8, 4) is 39.3 Å². The number of fused-ring (bicyclic) bond motifs is 7. The summed E-state index contributed by atoms with van der Waals surface area (Å²) in [5, 5.41) is 16.6. The van der Waals surface area contributed by atoms with E-state index in [9.17, 15) is 0 Å². The topological polar surface area (TPSA) is 63.9 Å². The zero-order valence-corrected chi connectivity index (χ0v) is 72.3. The lowest BCUT2D eigenvalue weighted by atomic mass is 10.0. The molecule has 0 bridgehead atoms. The minimum Gasteiger partial charge on any atom is -0.456 e. The number of anilines is 9. The first-order valence-corrected chi connectivity index (χ1v) is 45.2. The van der Waals surface area contributed by atoms with Gasteiger partial charge in [0.05, 0.1) is 49.3 Å². The lowest BCUT2D eigenvalue weighted by molar-refractivity contribution is 0.663. The van der Waals surface area contributed by atoms with E-state index in [0.717, 1.165) is 156 Å². The number of hydrogen-bond donors (Lipinski definition) is 0. The zero-order chi connectivity index (χ0) is 87.8. The van der Waals surface area contributed by atoms with Crippen LogP contribution in [0.2, 0.25) is 0 Å². The molecule has 0 aliphatic rings. The lowest BCUT2D eigenvalue weighted by Crippen LogP contribution is -2.10. The van der Waals surface area contributed by atoms with E-state index in [0.29, 0.717) is 0 Å². The van der Waals surface area contributed by atoms with Crippen molar-refractivity contribution in [2.75, 3.05) is 14.7 Å². The third kappa shape index (κ3) is 13.6. The van der Waals surface area contributed by atoms with Crippen LogP contribution >= 0.6 is 0 Å². The Morgan fingerprint density at radius 2 is 0.361 bits per heavy atom. The maximum atomic E-state index is 6.55. The van der Waals surface area contributed by atoms with E-state index in [4.69, 9.17) is 13.3 Å². The highest BCUT2D eigenvalue weighted by atomic mass is 16.3. The van der Waals surface area contributed by atoms with Gasteiger partial charge in [0, 0.05) is 101 Å². The van der Waals surface area contributed by atoms with Gasteiger partial charge < -0.3 is 41.7 Å². The highest BCUT2D eigenvalue weighted by molar-refractivity contribution is 6.29. The standard InChI is InChI=1S/C46H30N2O.C42H28N2O.C36H24N2O/c1-2-12-35(13-3-1)47(36-24-22-32(23-25-36)34-21-20-31-10-4-5-11-33(31)30-34)37-26-28-38(29-27-37)48-41-16-8-15-40-39-14-6-7-18-43(39)49-44-19-9-17-42(48)46(44)45(40)41;1-3-11-31(12-4-1)43(32-13-5-2-6-14-32)33-25-21-29(22-26-33)30-23-27-34(28-24-30)44-37-17-9-16-36-35-15-7-8-19-39(35)45-40-20-10-18-38(44)42(40)41(36)37;1-3-11-25(12-4-1)37(26-13-5-2-6-14-26)27-21-23-28(24-22-27)38-31-17-9-16-30-29-15-7-8-19-33(29)39-34-20-10-18-32(38)36(34)35(30)31/h1-30H;1-28H;1-24H. The Morgan fingerprint density at radius 1 is 0.143 bits per heavy atom. The van der Waals surface area contributed by atoms with Gasteiger partial charge in [0.1, 0.15) is 33.5 Å². The smallest absolute Gasteiger partial charge is 0.137 e. The fourth-order valence-corrected chi connectivity index (χ4v) is 20.2. The van der Waals surface area contributed by atoms with Crippen LogP contribution < -0.4 is 14.7 Å². The van der Waals surface area contributed by atoms with Gasteiger partial charge in [0.2, 0.25) is 0 Å². The minimum atomic E-state index is 0.887. The molecule has 27 rings (SSSR count). The highest BCUT2D eigenvalue weighted by Gasteiger charge is 2.25. The van der Waals surface area contributed by atoms with Crippen molar-refractivity contribution in [3.63, 3.8) is 0 Å². The molecule has 0 aliphatic heterocycles. The Bertz CT molecular complexity index is 8960. The van der Waals surface area contributed by atoms with Gasteiger partial charge in [0.15, 0.2) is 0 Å². The average molecular weight is 1700 g/mol. The van der Waals surface area contributed by atoms with Gasteiger partial charge in [0.25, 0.3) is 0 Å². The summed E-state index contributed by atoms with van der Waals surface area (Å²) < 4.78 is 26.6. The summed E-state index contributed by atoms with van der Waals surface area (Å²) >= 11 is 0. The molecule has 0 saturated carbocycles. The second kappa shape index (κ2) is 32.7. The van der Waals surface area contributed by atoms with Crippen LogP contribution in [0, 0.1) is 0 Å². The van der Waals surface area contributed by atoms with Crippen LogP contribution in [0.4, 0.5) is 51.2 Å².